The van der Waals surface area contributed by atoms with Crippen LogP contribution in [0.2, 0.25) is 0 Å². The van der Waals surface area contributed by atoms with Gasteiger partial charge < -0.3 is 5.32 Å². The maximum absolute atomic E-state index is 14.5. The molecule has 0 aliphatic rings. The van der Waals surface area contributed by atoms with Gasteiger partial charge in [0.25, 0.3) is 5.91 Å². The summed E-state index contributed by atoms with van der Waals surface area (Å²) >= 11 is 2.77. The molecular formula is C15H5BrF17NO3. The van der Waals surface area contributed by atoms with E-state index in [1.54, 1.807) is 0 Å². The van der Waals surface area contributed by atoms with Gasteiger partial charge in [-0.3, -0.25) is 9.53 Å². The molecule has 0 saturated carbocycles. The van der Waals surface area contributed by atoms with E-state index in [9.17, 15) is 79.4 Å². The number of amides is 1. The minimum Gasteiger partial charge on any atom is -0.321 e. The van der Waals surface area contributed by atoms with Crippen LogP contribution in [0, 0.1) is 0 Å². The lowest BCUT2D eigenvalue weighted by Gasteiger charge is -2.40. The summed E-state index contributed by atoms with van der Waals surface area (Å²) in [6.07, 6.45) is -38.5. The fraction of sp³-hybridized carbons (Fsp3) is 0.533. The molecule has 0 spiro atoms. The number of carbonyl (C=O) groups is 1. The highest BCUT2D eigenvalue weighted by Gasteiger charge is 2.85. The lowest BCUT2D eigenvalue weighted by molar-refractivity contribution is -0.546. The zero-order chi connectivity index (χ0) is 29.7. The second-order valence-electron chi connectivity index (χ2n) is 6.46. The first-order valence-electron chi connectivity index (χ1n) is 8.24. The van der Waals surface area contributed by atoms with Crippen molar-refractivity contribution >= 4 is 27.5 Å². The van der Waals surface area contributed by atoms with Gasteiger partial charge in [-0.1, -0.05) is 15.9 Å². The van der Waals surface area contributed by atoms with Gasteiger partial charge in [0.2, 0.25) is 0 Å². The number of hydrogen-bond donors (Lipinski definition) is 1. The van der Waals surface area contributed by atoms with Crippen LogP contribution >= 0.6 is 15.9 Å². The molecule has 0 unspecified atom stereocenters. The van der Waals surface area contributed by atoms with Crippen molar-refractivity contribution in [2.75, 3.05) is 5.32 Å². The van der Waals surface area contributed by atoms with E-state index >= 15 is 0 Å². The van der Waals surface area contributed by atoms with Gasteiger partial charge in [-0.15, -0.1) is 0 Å². The molecule has 0 aliphatic heterocycles. The molecule has 22 heteroatoms. The Morgan fingerprint density at radius 2 is 1.05 bits per heavy atom. The third kappa shape index (κ3) is 6.15. The summed E-state index contributed by atoms with van der Waals surface area (Å²) in [4.78, 5) is 11.7. The Labute approximate surface area is 199 Å². The van der Waals surface area contributed by atoms with E-state index in [1.165, 1.54) is 4.74 Å². The Morgan fingerprint density at radius 1 is 0.622 bits per heavy atom. The first kappa shape index (κ1) is 32.9. The highest BCUT2D eigenvalue weighted by atomic mass is 79.9. The quantitative estimate of drug-likeness (QED) is 0.302. The number of carbonyl (C=O) groups excluding carboxylic acids is 1. The second kappa shape index (κ2) is 9.58. The number of nitrogens with one attached hydrogen (secondary N) is 1. The zero-order valence-electron chi connectivity index (χ0n) is 16.3. The molecule has 1 rings (SSSR count). The van der Waals surface area contributed by atoms with E-state index in [2.05, 4.69) is 15.9 Å². The largest absolute Gasteiger partial charge is 0.462 e. The Hall–Kier alpha value is -2.10. The average Bonchev–Trinajstić information content (AvgIpc) is 2.65. The van der Waals surface area contributed by atoms with Crippen molar-refractivity contribution in [1.29, 1.82) is 0 Å². The molecule has 0 bridgehead atoms. The van der Waals surface area contributed by atoms with Crippen molar-refractivity contribution in [2.24, 2.45) is 0 Å². The van der Waals surface area contributed by atoms with Gasteiger partial charge in [0, 0.05) is 10.2 Å². The smallest absolute Gasteiger partial charge is 0.321 e. The molecular weight excluding hydrogens is 645 g/mol. The molecule has 1 aromatic rings. The third-order valence-electron chi connectivity index (χ3n) is 3.76. The van der Waals surface area contributed by atoms with Crippen molar-refractivity contribution in [3.05, 3.63) is 28.7 Å². The molecule has 0 fully saturated rings. The monoisotopic (exact) mass is 649 g/mol. The molecule has 0 aromatic heterocycles. The van der Waals surface area contributed by atoms with E-state index < -0.39 is 60.0 Å². The Bertz CT molecular complexity index is 974. The molecule has 4 nitrogen and oxygen atoms in total. The normalized spacial score (nSPS) is 17.7. The molecule has 1 aromatic carbocycles. The molecule has 1 amide bonds. The van der Waals surface area contributed by atoms with E-state index in [0.29, 0.717) is 12.1 Å². The minimum absolute atomic E-state index is 0.123. The zero-order valence-corrected chi connectivity index (χ0v) is 17.9. The van der Waals surface area contributed by atoms with Crippen molar-refractivity contribution in [1.82, 2.24) is 0 Å². The number of benzene rings is 1. The summed E-state index contributed by atoms with van der Waals surface area (Å²) in [5, 5.41) is 0.818. The van der Waals surface area contributed by atoms with Crippen molar-refractivity contribution in [3.63, 3.8) is 0 Å². The number of halogens is 18. The van der Waals surface area contributed by atoms with E-state index in [1.807, 2.05) is 4.74 Å². The lowest BCUT2D eigenvalue weighted by Crippen LogP contribution is -2.68. The molecule has 1 N–H and O–H groups in total. The molecule has 2 atom stereocenters. The van der Waals surface area contributed by atoms with Crippen molar-refractivity contribution < 1.29 is 88.9 Å². The number of alkyl halides is 17. The minimum atomic E-state index is -8.01. The number of hydrogen-bond acceptors (Lipinski definition) is 3. The van der Waals surface area contributed by atoms with Gasteiger partial charge >= 0.3 is 48.4 Å². The van der Waals surface area contributed by atoms with Crippen LogP contribution in [0.15, 0.2) is 28.7 Å². The molecule has 214 valence electrons. The van der Waals surface area contributed by atoms with E-state index in [4.69, 9.17) is 0 Å². The summed E-state index contributed by atoms with van der Waals surface area (Å²) in [5.74, 6) is -26.2. The summed E-state index contributed by atoms with van der Waals surface area (Å²) in [7, 11) is 0. The van der Waals surface area contributed by atoms with Gasteiger partial charge in [-0.2, -0.15) is 74.6 Å². The first-order chi connectivity index (χ1) is 16.1. The van der Waals surface area contributed by atoms with Crippen LogP contribution in [0.1, 0.15) is 0 Å². The summed E-state index contributed by atoms with van der Waals surface area (Å²) in [6, 6.07) is 2.99. The average molecular weight is 650 g/mol. The lowest BCUT2D eigenvalue weighted by atomic mass is 10.2. The van der Waals surface area contributed by atoms with Crippen molar-refractivity contribution in [2.45, 2.75) is 48.4 Å². The number of anilines is 1. The maximum atomic E-state index is 14.5. The second-order valence-corrected chi connectivity index (χ2v) is 7.37. The predicted octanol–water partition coefficient (Wildman–Crippen LogP) is 7.26. The van der Waals surface area contributed by atoms with Crippen LogP contribution in [0.3, 0.4) is 0 Å². The SMILES string of the molecule is O=C(Nc1ccc(Br)cc1)[C@](F)(O[C@@](F)(C(F)(F)F)C(F)(F)OC(F)(F)C(F)(F)C(F)(F)F)C(F)(F)F. The Balaban J connectivity index is 3.63. The van der Waals surface area contributed by atoms with Gasteiger partial charge in [0.05, 0.1) is 0 Å². The summed E-state index contributed by atoms with van der Waals surface area (Å²) in [6.45, 7) is 0. The standard InChI is InChI=1S/C15H5BrF17NO3/c16-5-1-3-6(4-2-5)34-7(35)8(17,11(21,22)23)36-10(20,13(27,28)29)15(32,33)37-14(30,31)9(18,19)12(24,25)26/h1-4H,(H,34,35)/t8-,10-/m0/s1. The molecule has 0 radical (unpaired) electrons. The Kier molecular flexibility index (Phi) is 8.52. The predicted molar refractivity (Wildman–Crippen MR) is 85.6 cm³/mol. The van der Waals surface area contributed by atoms with Crippen LogP contribution in [0.25, 0.3) is 0 Å². The van der Waals surface area contributed by atoms with Crippen LogP contribution in [-0.2, 0) is 14.3 Å². The van der Waals surface area contributed by atoms with Gasteiger partial charge in [0.15, 0.2) is 0 Å². The van der Waals surface area contributed by atoms with Gasteiger partial charge in [-0.25, -0.2) is 4.74 Å². The van der Waals surface area contributed by atoms with Crippen LogP contribution in [0.5, 0.6) is 0 Å². The van der Waals surface area contributed by atoms with Gasteiger partial charge in [0.1, 0.15) is 0 Å². The summed E-state index contributed by atoms with van der Waals surface area (Å²) in [5.41, 5.74) is -0.945. The van der Waals surface area contributed by atoms with Crippen LogP contribution in [-0.4, -0.2) is 54.3 Å². The maximum Gasteiger partial charge on any atom is 0.462 e. The highest BCUT2D eigenvalue weighted by Crippen LogP contribution is 2.56. The van der Waals surface area contributed by atoms with E-state index in [0.717, 1.165) is 17.4 Å². The van der Waals surface area contributed by atoms with E-state index in [-0.39, 0.29) is 4.47 Å². The highest BCUT2D eigenvalue weighted by molar-refractivity contribution is 9.10. The van der Waals surface area contributed by atoms with Crippen LogP contribution in [0.4, 0.5) is 80.3 Å². The van der Waals surface area contributed by atoms with Crippen molar-refractivity contribution in [3.8, 4) is 0 Å². The number of rotatable bonds is 8. The molecule has 37 heavy (non-hydrogen) atoms. The van der Waals surface area contributed by atoms with Gasteiger partial charge in [-0.05, 0) is 24.3 Å². The first-order valence-corrected chi connectivity index (χ1v) is 9.04. The number of ether oxygens (including phenoxy) is 2. The summed E-state index contributed by atoms with van der Waals surface area (Å²) < 4.78 is 226. The molecule has 0 heterocycles. The third-order valence-corrected chi connectivity index (χ3v) is 4.29. The molecule has 0 saturated heterocycles. The Morgan fingerprint density at radius 3 is 1.41 bits per heavy atom. The topological polar surface area (TPSA) is 47.6 Å². The van der Waals surface area contributed by atoms with Crippen LogP contribution < -0.4 is 5.32 Å². The molecule has 0 aliphatic carbocycles. The fourth-order valence-electron chi connectivity index (χ4n) is 1.91. The fourth-order valence-corrected chi connectivity index (χ4v) is 2.17.